The number of hydrogen-bond donors (Lipinski definition) is 0. The van der Waals surface area contributed by atoms with Crippen LogP contribution in [0.25, 0.3) is 0 Å². The van der Waals surface area contributed by atoms with Gasteiger partial charge in [0.2, 0.25) is 0 Å². The maximum Gasteiger partial charge on any atom is 0.269 e. The van der Waals surface area contributed by atoms with Crippen molar-refractivity contribution in [1.29, 1.82) is 0 Å². The van der Waals surface area contributed by atoms with E-state index in [0.29, 0.717) is 3.70 Å². The van der Waals surface area contributed by atoms with Gasteiger partial charge in [-0.3, -0.25) is 4.68 Å². The van der Waals surface area contributed by atoms with Crippen molar-refractivity contribution in [3.63, 3.8) is 0 Å². The summed E-state index contributed by atoms with van der Waals surface area (Å²) in [4.78, 5) is -0.0835. The fraction of sp³-hybridized carbons (Fsp3) is 0.400. The van der Waals surface area contributed by atoms with Crippen LogP contribution in [0.15, 0.2) is 4.90 Å². The number of methoxy groups -OCH3 is 1. The first kappa shape index (κ1) is 11.1. The van der Waals surface area contributed by atoms with E-state index < -0.39 is 9.05 Å². The monoisotopic (exact) mass is 336 g/mol. The summed E-state index contributed by atoms with van der Waals surface area (Å²) in [5.41, 5.74) is 0. The average Bonchev–Trinajstić information content (AvgIpc) is 2.26. The number of nitrogens with zero attached hydrogens (tertiary/aromatic N) is 2. The average molecular weight is 337 g/mol. The molecule has 0 aliphatic rings. The van der Waals surface area contributed by atoms with Gasteiger partial charge in [-0.15, -0.1) is 5.10 Å². The van der Waals surface area contributed by atoms with Crippen LogP contribution in [0.2, 0.25) is 0 Å². The third-order valence-electron chi connectivity index (χ3n) is 1.34. The van der Waals surface area contributed by atoms with Crippen LogP contribution in [0.5, 0.6) is 5.88 Å². The number of aromatic nitrogens is 2. The molecule has 0 amide bonds. The first-order valence-corrected chi connectivity index (χ1v) is 6.48. The molecule has 1 aromatic rings. The van der Waals surface area contributed by atoms with Crippen LogP contribution in [0.4, 0.5) is 0 Å². The number of ether oxygens (including phenoxy) is 1. The molecule has 1 heterocycles. The second kappa shape index (κ2) is 3.62. The Kier molecular flexibility index (Phi) is 3.08. The lowest BCUT2D eigenvalue weighted by molar-refractivity contribution is 0.382. The van der Waals surface area contributed by atoms with Gasteiger partial charge >= 0.3 is 0 Å². The lowest BCUT2D eigenvalue weighted by atomic mass is 10.7. The summed E-state index contributed by atoms with van der Waals surface area (Å²) in [7, 11) is 4.34. The quantitative estimate of drug-likeness (QED) is 0.596. The minimum absolute atomic E-state index is 0.0156. The highest BCUT2D eigenvalue weighted by Gasteiger charge is 2.25. The molecule has 5 nitrogen and oxygen atoms in total. The lowest BCUT2D eigenvalue weighted by Crippen LogP contribution is -1.96. The van der Waals surface area contributed by atoms with Gasteiger partial charge in [0.15, 0.2) is 4.90 Å². The van der Waals surface area contributed by atoms with Crippen molar-refractivity contribution in [3.05, 3.63) is 3.70 Å². The molecular formula is C5H6ClIN2O3S. The Morgan fingerprint density at radius 3 is 2.46 bits per heavy atom. The molecule has 0 radical (unpaired) electrons. The third kappa shape index (κ3) is 2.08. The van der Waals surface area contributed by atoms with Crippen molar-refractivity contribution in [2.24, 2.45) is 7.05 Å². The van der Waals surface area contributed by atoms with E-state index >= 15 is 0 Å². The molecule has 74 valence electrons. The summed E-state index contributed by atoms with van der Waals surface area (Å²) in [6.07, 6.45) is 0. The van der Waals surface area contributed by atoms with Gasteiger partial charge < -0.3 is 4.74 Å². The van der Waals surface area contributed by atoms with Gasteiger partial charge in [-0.05, 0) is 22.6 Å². The van der Waals surface area contributed by atoms with E-state index in [9.17, 15) is 8.42 Å². The summed E-state index contributed by atoms with van der Waals surface area (Å²) in [5, 5.41) is 3.82. The van der Waals surface area contributed by atoms with E-state index in [0.717, 1.165) is 0 Å². The summed E-state index contributed by atoms with van der Waals surface area (Å²) < 4.78 is 28.7. The Morgan fingerprint density at radius 1 is 1.62 bits per heavy atom. The van der Waals surface area contributed by atoms with Crippen LogP contribution in [0, 0.1) is 3.70 Å². The van der Waals surface area contributed by atoms with Gasteiger partial charge in [-0.1, -0.05) is 0 Å². The van der Waals surface area contributed by atoms with Crippen LogP contribution >= 0.6 is 33.3 Å². The molecule has 8 heteroatoms. The van der Waals surface area contributed by atoms with Gasteiger partial charge in [0.05, 0.1) is 7.11 Å². The summed E-state index contributed by atoms with van der Waals surface area (Å²) in [6.45, 7) is 0. The molecule has 0 bridgehead atoms. The second-order valence-electron chi connectivity index (χ2n) is 2.19. The van der Waals surface area contributed by atoms with Crippen molar-refractivity contribution in [2.75, 3.05) is 7.11 Å². The summed E-state index contributed by atoms with van der Waals surface area (Å²) in [5.74, 6) is 0.0156. The zero-order chi connectivity index (χ0) is 10.2. The fourth-order valence-corrected chi connectivity index (χ4v) is 3.48. The van der Waals surface area contributed by atoms with Crippen LogP contribution in [0.1, 0.15) is 0 Å². The summed E-state index contributed by atoms with van der Waals surface area (Å²) in [6, 6.07) is 0. The molecule has 13 heavy (non-hydrogen) atoms. The van der Waals surface area contributed by atoms with Gasteiger partial charge in [0.1, 0.15) is 3.70 Å². The Labute approximate surface area is 93.6 Å². The fourth-order valence-electron chi connectivity index (χ4n) is 0.799. The molecule has 0 spiro atoms. The molecule has 0 fully saturated rings. The van der Waals surface area contributed by atoms with E-state index in [2.05, 4.69) is 5.10 Å². The molecule has 0 saturated carbocycles. The molecule has 0 aliphatic heterocycles. The lowest BCUT2D eigenvalue weighted by Gasteiger charge is -1.95. The highest BCUT2D eigenvalue weighted by Crippen LogP contribution is 2.29. The van der Waals surface area contributed by atoms with Crippen molar-refractivity contribution in [2.45, 2.75) is 4.90 Å². The Bertz CT molecular complexity index is 427. The predicted molar refractivity (Wildman–Crippen MR) is 55.5 cm³/mol. The molecule has 0 aliphatic carbocycles. The highest BCUT2D eigenvalue weighted by atomic mass is 127. The Hall–Kier alpha value is -0.0200. The zero-order valence-electron chi connectivity index (χ0n) is 6.78. The van der Waals surface area contributed by atoms with Crippen LogP contribution in [-0.2, 0) is 16.1 Å². The third-order valence-corrected chi connectivity index (χ3v) is 4.27. The number of aryl methyl sites for hydroxylation is 1. The SMILES string of the molecule is COc1nn(C)c(I)c1S(=O)(=O)Cl. The molecule has 1 aromatic heterocycles. The maximum absolute atomic E-state index is 11.1. The van der Waals surface area contributed by atoms with Crippen molar-refractivity contribution < 1.29 is 13.2 Å². The molecule has 0 unspecified atom stereocenters. The minimum atomic E-state index is -3.80. The first-order valence-electron chi connectivity index (χ1n) is 3.09. The van der Waals surface area contributed by atoms with Gasteiger partial charge in [0, 0.05) is 17.7 Å². The molecule has 1 rings (SSSR count). The van der Waals surface area contributed by atoms with Crippen LogP contribution in [-0.4, -0.2) is 25.3 Å². The summed E-state index contributed by atoms with van der Waals surface area (Å²) >= 11 is 1.83. The van der Waals surface area contributed by atoms with E-state index in [1.165, 1.54) is 11.8 Å². The molecule has 0 atom stereocenters. The van der Waals surface area contributed by atoms with Crippen LogP contribution in [0.3, 0.4) is 0 Å². The van der Waals surface area contributed by atoms with Crippen molar-refractivity contribution in [3.8, 4) is 5.88 Å². The first-order chi connectivity index (χ1) is 5.88. The van der Waals surface area contributed by atoms with Crippen molar-refractivity contribution >= 4 is 42.3 Å². The smallest absolute Gasteiger partial charge is 0.269 e. The normalized spacial score (nSPS) is 11.7. The maximum atomic E-state index is 11.1. The van der Waals surface area contributed by atoms with E-state index in [1.807, 2.05) is 22.6 Å². The Morgan fingerprint density at radius 2 is 2.15 bits per heavy atom. The van der Waals surface area contributed by atoms with Gasteiger partial charge in [0.25, 0.3) is 14.9 Å². The largest absolute Gasteiger partial charge is 0.479 e. The highest BCUT2D eigenvalue weighted by molar-refractivity contribution is 14.1. The second-order valence-corrected chi connectivity index (χ2v) is 5.72. The van der Waals surface area contributed by atoms with E-state index in [1.54, 1.807) is 7.05 Å². The van der Waals surface area contributed by atoms with Gasteiger partial charge in [-0.25, -0.2) is 8.42 Å². The number of rotatable bonds is 2. The minimum Gasteiger partial charge on any atom is -0.479 e. The molecule has 0 N–H and O–H groups in total. The molecular weight excluding hydrogens is 330 g/mol. The van der Waals surface area contributed by atoms with Crippen LogP contribution < -0.4 is 4.74 Å². The van der Waals surface area contributed by atoms with E-state index in [4.69, 9.17) is 15.4 Å². The number of halogens is 2. The zero-order valence-corrected chi connectivity index (χ0v) is 10.5. The molecule has 0 aromatic carbocycles. The van der Waals surface area contributed by atoms with E-state index in [-0.39, 0.29) is 10.8 Å². The predicted octanol–water partition coefficient (Wildman–Crippen LogP) is 0.961. The topological polar surface area (TPSA) is 61.2 Å². The standard InChI is InChI=1S/C5H6ClIN2O3S/c1-9-4(7)3(13(6,10)11)5(8-9)12-2/h1-2H3. The number of hydrogen-bond acceptors (Lipinski definition) is 4. The van der Waals surface area contributed by atoms with Crippen molar-refractivity contribution in [1.82, 2.24) is 9.78 Å². The Balaban J connectivity index is 3.51. The molecule has 0 saturated heterocycles. The van der Waals surface area contributed by atoms with Gasteiger partial charge in [-0.2, -0.15) is 0 Å².